The third-order valence-corrected chi connectivity index (χ3v) is 7.45. The third-order valence-electron chi connectivity index (χ3n) is 6.82. The minimum Gasteiger partial charge on any atom is -0.480 e. The Morgan fingerprint density at radius 3 is 2.44 bits per heavy atom. The number of halogens is 2. The number of benzene rings is 3. The number of likely N-dealkylation sites (tertiary alicyclic amines) is 1. The van der Waals surface area contributed by atoms with E-state index in [9.17, 15) is 19.5 Å². The number of carbonyl (C=O) groups is 3. The van der Waals surface area contributed by atoms with E-state index in [4.69, 9.17) is 23.2 Å². The minimum absolute atomic E-state index is 0.0503. The van der Waals surface area contributed by atoms with Crippen molar-refractivity contribution in [3.63, 3.8) is 0 Å². The second kappa shape index (κ2) is 11.5. The molecule has 2 N–H and O–H groups in total. The van der Waals surface area contributed by atoms with Crippen LogP contribution < -0.4 is 5.32 Å². The van der Waals surface area contributed by atoms with Gasteiger partial charge in [-0.15, -0.1) is 0 Å². The van der Waals surface area contributed by atoms with Crippen LogP contribution in [0.5, 0.6) is 0 Å². The first-order valence-corrected chi connectivity index (χ1v) is 13.2. The second-order valence-corrected chi connectivity index (χ2v) is 10.3. The molecule has 198 valence electrons. The molecule has 3 aromatic carbocycles. The fourth-order valence-electron chi connectivity index (χ4n) is 4.89. The first-order valence-electron chi connectivity index (χ1n) is 12.5. The number of hydrogen-bond donors (Lipinski definition) is 2. The van der Waals surface area contributed by atoms with Crippen molar-refractivity contribution in [1.82, 2.24) is 15.2 Å². The zero-order valence-electron chi connectivity index (χ0n) is 20.8. The summed E-state index contributed by atoms with van der Waals surface area (Å²) in [7, 11) is 0. The van der Waals surface area contributed by atoms with Crippen molar-refractivity contribution in [3.05, 3.63) is 100 Å². The number of aromatic nitrogens is 1. The van der Waals surface area contributed by atoms with Crippen LogP contribution in [0.15, 0.2) is 78.9 Å². The predicted molar refractivity (Wildman–Crippen MR) is 151 cm³/mol. The zero-order chi connectivity index (χ0) is 27.5. The Morgan fingerprint density at radius 2 is 1.72 bits per heavy atom. The molecule has 0 bridgehead atoms. The van der Waals surface area contributed by atoms with E-state index < -0.39 is 24.0 Å². The number of aliphatic carboxylic acids is 1. The first kappa shape index (κ1) is 26.8. The van der Waals surface area contributed by atoms with E-state index in [1.807, 2.05) is 48.5 Å². The van der Waals surface area contributed by atoms with Gasteiger partial charge in [-0.3, -0.25) is 14.5 Å². The van der Waals surface area contributed by atoms with Gasteiger partial charge >= 0.3 is 5.97 Å². The summed E-state index contributed by atoms with van der Waals surface area (Å²) in [6.45, 7) is 0.879. The van der Waals surface area contributed by atoms with E-state index >= 15 is 0 Å². The Balaban J connectivity index is 1.32. The van der Waals surface area contributed by atoms with Gasteiger partial charge in [0.2, 0.25) is 5.91 Å². The molecule has 1 aliphatic heterocycles. The van der Waals surface area contributed by atoms with Crippen LogP contribution in [0, 0.1) is 0 Å². The van der Waals surface area contributed by atoms with Crippen LogP contribution in [0.25, 0.3) is 22.2 Å². The summed E-state index contributed by atoms with van der Waals surface area (Å²) in [6.07, 6.45) is 0.302. The quantitative estimate of drug-likeness (QED) is 0.288. The van der Waals surface area contributed by atoms with E-state index in [0.717, 1.165) is 10.9 Å². The van der Waals surface area contributed by atoms with Crippen LogP contribution in [0.1, 0.15) is 17.5 Å². The lowest BCUT2D eigenvalue weighted by atomic mass is 10.0. The molecule has 1 aromatic heterocycles. The maximum absolute atomic E-state index is 13.1. The lowest BCUT2D eigenvalue weighted by Crippen LogP contribution is -2.52. The van der Waals surface area contributed by atoms with Crippen molar-refractivity contribution in [1.29, 1.82) is 0 Å². The Labute approximate surface area is 235 Å². The molecule has 7 nitrogen and oxygen atoms in total. The van der Waals surface area contributed by atoms with Crippen molar-refractivity contribution in [2.24, 2.45) is 0 Å². The molecule has 4 aromatic rings. The molecule has 9 heteroatoms. The normalized spacial score (nSPS) is 16.4. The SMILES string of the molecule is O=C1CCN(Cc2ccccc2)[C@@H]1C(=O)N[C@@H](Cc1ccc2nc(-c3c(Cl)cccc3Cl)ccc2c1)C(=O)O. The lowest BCUT2D eigenvalue weighted by Gasteiger charge is -2.24. The molecular formula is C30H25Cl2N3O4. The smallest absolute Gasteiger partial charge is 0.326 e. The molecule has 0 spiro atoms. The second-order valence-electron chi connectivity index (χ2n) is 9.50. The highest BCUT2D eigenvalue weighted by Gasteiger charge is 2.39. The number of nitrogens with one attached hydrogen (secondary N) is 1. The Kier molecular flexibility index (Phi) is 7.93. The molecule has 0 radical (unpaired) electrons. The number of ketones is 1. The maximum Gasteiger partial charge on any atom is 0.326 e. The number of carbonyl (C=O) groups excluding carboxylic acids is 2. The van der Waals surface area contributed by atoms with E-state index in [1.165, 1.54) is 0 Å². The molecule has 2 atom stereocenters. The molecule has 1 aliphatic rings. The molecule has 0 aliphatic carbocycles. The fraction of sp³-hybridized carbons (Fsp3) is 0.200. The highest BCUT2D eigenvalue weighted by atomic mass is 35.5. The number of hydrogen-bond acceptors (Lipinski definition) is 5. The number of rotatable bonds is 8. The molecule has 0 saturated carbocycles. The Hall–Kier alpha value is -3.78. The molecule has 1 amide bonds. The van der Waals surface area contributed by atoms with Gasteiger partial charge in [0.25, 0.3) is 0 Å². The van der Waals surface area contributed by atoms with Crippen molar-refractivity contribution in [2.75, 3.05) is 6.54 Å². The van der Waals surface area contributed by atoms with Gasteiger partial charge in [0.05, 0.1) is 21.3 Å². The van der Waals surface area contributed by atoms with E-state index in [2.05, 4.69) is 10.3 Å². The van der Waals surface area contributed by atoms with Gasteiger partial charge in [0.15, 0.2) is 5.78 Å². The summed E-state index contributed by atoms with van der Waals surface area (Å²) in [5.74, 6) is -1.98. The summed E-state index contributed by atoms with van der Waals surface area (Å²) in [6, 6.07) is 21.7. The minimum atomic E-state index is -1.20. The molecule has 0 unspecified atom stereocenters. The number of nitrogens with zero attached hydrogens (tertiary/aromatic N) is 2. The zero-order valence-corrected chi connectivity index (χ0v) is 22.3. The summed E-state index contributed by atoms with van der Waals surface area (Å²) in [4.78, 5) is 44.3. The summed E-state index contributed by atoms with van der Waals surface area (Å²) in [5, 5.41) is 14.3. The van der Waals surface area contributed by atoms with Crippen molar-refractivity contribution in [3.8, 4) is 11.3 Å². The fourth-order valence-corrected chi connectivity index (χ4v) is 5.48. The highest BCUT2D eigenvalue weighted by molar-refractivity contribution is 6.39. The van der Waals surface area contributed by atoms with Gasteiger partial charge < -0.3 is 10.4 Å². The number of carboxylic acid groups (broad SMARTS) is 1. The Morgan fingerprint density at radius 1 is 0.974 bits per heavy atom. The number of fused-ring (bicyclic) bond motifs is 1. The van der Waals surface area contributed by atoms with Crippen molar-refractivity contribution >= 4 is 51.8 Å². The van der Waals surface area contributed by atoms with Crippen LogP contribution in [-0.4, -0.2) is 51.3 Å². The largest absolute Gasteiger partial charge is 0.480 e. The predicted octanol–water partition coefficient (Wildman–Crippen LogP) is 5.16. The van der Waals surface area contributed by atoms with Crippen LogP contribution in [0.3, 0.4) is 0 Å². The van der Waals surface area contributed by atoms with Gasteiger partial charge in [-0.2, -0.15) is 0 Å². The number of amides is 1. The molecule has 39 heavy (non-hydrogen) atoms. The van der Waals surface area contributed by atoms with Crippen LogP contribution in [0.2, 0.25) is 10.0 Å². The van der Waals surface area contributed by atoms with Gasteiger partial charge in [-0.05, 0) is 41.5 Å². The molecule has 1 fully saturated rings. The standard InChI is InChI=1S/C30H25Cl2N3O4/c31-21-7-4-8-22(32)27(21)24-12-10-20-15-19(9-11-23(20)33-24)16-25(30(38)39)34-29(37)28-26(36)13-14-35(28)17-18-5-2-1-3-6-18/h1-12,15,25,28H,13-14,16-17H2,(H,34,37)(H,38,39)/t25-,28-/m0/s1. The van der Waals surface area contributed by atoms with E-state index in [-0.39, 0.29) is 18.6 Å². The third kappa shape index (κ3) is 5.96. The summed E-state index contributed by atoms with van der Waals surface area (Å²) in [5.41, 5.74) is 3.64. The van der Waals surface area contributed by atoms with Gasteiger partial charge in [-0.1, -0.05) is 71.7 Å². The molecule has 1 saturated heterocycles. The van der Waals surface area contributed by atoms with Crippen LogP contribution in [0.4, 0.5) is 0 Å². The summed E-state index contributed by atoms with van der Waals surface area (Å²) < 4.78 is 0. The van der Waals surface area contributed by atoms with Crippen molar-refractivity contribution in [2.45, 2.75) is 31.5 Å². The van der Waals surface area contributed by atoms with Gasteiger partial charge in [-0.25, -0.2) is 9.78 Å². The molecule has 2 heterocycles. The summed E-state index contributed by atoms with van der Waals surface area (Å²) >= 11 is 12.7. The van der Waals surface area contributed by atoms with Crippen molar-refractivity contribution < 1.29 is 19.5 Å². The topological polar surface area (TPSA) is 99.6 Å². The van der Waals surface area contributed by atoms with Crippen LogP contribution >= 0.6 is 23.2 Å². The van der Waals surface area contributed by atoms with E-state index in [1.54, 1.807) is 35.2 Å². The van der Waals surface area contributed by atoms with E-state index in [0.29, 0.717) is 45.5 Å². The van der Waals surface area contributed by atoms with Gasteiger partial charge in [0.1, 0.15) is 12.1 Å². The van der Waals surface area contributed by atoms with Crippen LogP contribution in [-0.2, 0) is 27.3 Å². The first-order chi connectivity index (χ1) is 18.8. The highest BCUT2D eigenvalue weighted by Crippen LogP contribution is 2.34. The monoisotopic (exact) mass is 561 g/mol. The number of pyridine rings is 1. The van der Waals surface area contributed by atoms with Gasteiger partial charge in [0, 0.05) is 36.9 Å². The molecular weight excluding hydrogens is 537 g/mol. The number of Topliss-reactive ketones (excluding diaryl/α,β-unsaturated/α-hetero) is 1. The maximum atomic E-state index is 13.1. The average molecular weight is 562 g/mol. The average Bonchev–Trinajstić information content (AvgIpc) is 3.28. The Bertz CT molecular complexity index is 1540. The lowest BCUT2D eigenvalue weighted by molar-refractivity contribution is -0.143. The molecule has 5 rings (SSSR count). The number of carboxylic acids is 1.